The van der Waals surface area contributed by atoms with Crippen LogP contribution in [0.2, 0.25) is 0 Å². The number of nitrogen functional groups attached to an aromatic ring is 2. The van der Waals surface area contributed by atoms with Crippen molar-refractivity contribution in [3.8, 4) is 0 Å². The Morgan fingerprint density at radius 3 is 2.85 bits per heavy atom. The van der Waals surface area contributed by atoms with Crippen molar-refractivity contribution in [2.75, 3.05) is 24.7 Å². The number of aromatic nitrogens is 8. The molecule has 0 saturated carbocycles. The van der Waals surface area contributed by atoms with Crippen molar-refractivity contribution in [1.29, 1.82) is 0 Å². The Hall–Kier alpha value is -3.20. The van der Waals surface area contributed by atoms with Crippen LogP contribution in [0.3, 0.4) is 0 Å². The summed E-state index contributed by atoms with van der Waals surface area (Å²) in [7, 11) is 0. The molecule has 18 nitrogen and oxygen atoms in total. The highest BCUT2D eigenvalue weighted by molar-refractivity contribution is 8.07. The van der Waals surface area contributed by atoms with E-state index >= 15 is 4.39 Å². The third kappa shape index (κ3) is 5.07. The smallest absolute Gasteiger partial charge is 0.325 e. The second-order valence-electron chi connectivity index (χ2n) is 9.34. The highest BCUT2D eigenvalue weighted by Gasteiger charge is 2.50. The summed E-state index contributed by atoms with van der Waals surface area (Å²) in [5.41, 5.74) is 10.9. The standard InChI is InChI=1S/C20H24FN10O8PS/c21-12-9(4-32)38-19(31-17-13(28-29-31)18(34)27-20(23)26-17)14(12)39-40(35,41)36-5-10-8(33)3-11(37-10)30-2-1-7-15(22)24-6-25-16(7)30/h1-2,6,8-12,14,19,32-33H,3-5H2,(H,35,41)(H2,22,24,25)(H3,23,26,27,34)/t8-,9+,10+,11+,12-,14+,19+,40?/m0/s1. The predicted molar refractivity (Wildman–Crippen MR) is 140 cm³/mol. The molecule has 0 aromatic carbocycles. The van der Waals surface area contributed by atoms with E-state index in [4.69, 9.17) is 41.8 Å². The molecular weight excluding hydrogens is 590 g/mol. The van der Waals surface area contributed by atoms with E-state index in [0.29, 0.717) is 16.9 Å². The highest BCUT2D eigenvalue weighted by Crippen LogP contribution is 2.50. The molecule has 220 valence electrons. The first kappa shape index (κ1) is 27.9. The van der Waals surface area contributed by atoms with Crippen molar-refractivity contribution in [1.82, 2.24) is 39.5 Å². The number of hydrogen-bond donors (Lipinski definition) is 6. The Kier molecular flexibility index (Phi) is 7.20. The fraction of sp³-hybridized carbons (Fsp3) is 0.500. The van der Waals surface area contributed by atoms with Gasteiger partial charge in [-0.3, -0.25) is 14.3 Å². The zero-order chi connectivity index (χ0) is 29.1. The van der Waals surface area contributed by atoms with Crippen LogP contribution in [-0.4, -0.2) is 98.4 Å². The second-order valence-corrected chi connectivity index (χ2v) is 12.1. The van der Waals surface area contributed by atoms with Crippen LogP contribution in [0.25, 0.3) is 22.2 Å². The summed E-state index contributed by atoms with van der Waals surface area (Å²) in [6.45, 7) is -5.37. The number of ether oxygens (including phenoxy) is 2. The molecule has 2 saturated heterocycles. The van der Waals surface area contributed by atoms with Gasteiger partial charge in [0, 0.05) is 12.6 Å². The minimum Gasteiger partial charge on any atom is -0.394 e. The fourth-order valence-corrected chi connectivity index (χ4v) is 6.20. The van der Waals surface area contributed by atoms with Gasteiger partial charge >= 0.3 is 6.72 Å². The Balaban J connectivity index is 1.17. The van der Waals surface area contributed by atoms with E-state index in [-0.39, 0.29) is 23.5 Å². The number of rotatable bonds is 8. The van der Waals surface area contributed by atoms with Crippen molar-refractivity contribution < 1.29 is 38.0 Å². The van der Waals surface area contributed by atoms with Crippen LogP contribution in [0.4, 0.5) is 16.2 Å². The normalized spacial score (nSPS) is 29.9. The number of aliphatic hydroxyl groups excluding tert-OH is 2. The van der Waals surface area contributed by atoms with E-state index in [2.05, 4.69) is 30.2 Å². The molecule has 6 rings (SSSR count). The van der Waals surface area contributed by atoms with Crippen LogP contribution in [0.15, 0.2) is 23.4 Å². The first-order valence-corrected chi connectivity index (χ1v) is 14.7. The molecule has 0 aliphatic carbocycles. The molecular formula is C20H24FN10O8PS. The Labute approximate surface area is 233 Å². The van der Waals surface area contributed by atoms with Gasteiger partial charge in [-0.1, -0.05) is 5.21 Å². The predicted octanol–water partition coefficient (Wildman–Crippen LogP) is -1.38. The lowest BCUT2D eigenvalue weighted by Gasteiger charge is -2.25. The number of nitrogens with zero attached hydrogens (tertiary/aromatic N) is 7. The van der Waals surface area contributed by atoms with Gasteiger partial charge in [0.2, 0.25) is 5.95 Å². The third-order valence-electron chi connectivity index (χ3n) is 6.75. The van der Waals surface area contributed by atoms with Gasteiger partial charge in [0.1, 0.15) is 42.3 Å². The van der Waals surface area contributed by atoms with Crippen LogP contribution in [0, 0.1) is 0 Å². The van der Waals surface area contributed by atoms with Gasteiger partial charge in [0.15, 0.2) is 23.6 Å². The van der Waals surface area contributed by atoms with Crippen LogP contribution in [-0.2, 0) is 30.3 Å². The Bertz CT molecular complexity index is 1700. The van der Waals surface area contributed by atoms with Gasteiger partial charge in [0.05, 0.1) is 24.7 Å². The monoisotopic (exact) mass is 614 g/mol. The molecule has 4 aromatic heterocycles. The second kappa shape index (κ2) is 10.6. The van der Waals surface area contributed by atoms with Crippen molar-refractivity contribution in [2.24, 2.45) is 0 Å². The molecule has 2 aliphatic heterocycles. The number of H-pyrrole nitrogens is 1. The molecule has 6 heterocycles. The maximum absolute atomic E-state index is 15.3. The van der Waals surface area contributed by atoms with Crippen molar-refractivity contribution in [3.63, 3.8) is 0 Å². The molecule has 0 amide bonds. The average Bonchev–Trinajstić information content (AvgIpc) is 3.69. The number of aromatic amines is 1. The van der Waals surface area contributed by atoms with E-state index in [9.17, 15) is 19.9 Å². The zero-order valence-electron chi connectivity index (χ0n) is 20.8. The lowest BCUT2D eigenvalue weighted by atomic mass is 10.1. The number of hydrogen-bond acceptors (Lipinski definition) is 15. The largest absolute Gasteiger partial charge is 0.394 e. The quantitative estimate of drug-likeness (QED) is 0.125. The van der Waals surface area contributed by atoms with Crippen molar-refractivity contribution >= 4 is 52.5 Å². The van der Waals surface area contributed by atoms with E-state index in [1.807, 2.05) is 0 Å². The summed E-state index contributed by atoms with van der Waals surface area (Å²) < 4.78 is 40.3. The topological polar surface area (TPSA) is 257 Å². The van der Waals surface area contributed by atoms with Gasteiger partial charge in [-0.2, -0.15) is 9.67 Å². The number of alkyl halides is 1. The van der Waals surface area contributed by atoms with Gasteiger partial charge < -0.3 is 45.1 Å². The van der Waals surface area contributed by atoms with Crippen LogP contribution >= 0.6 is 6.72 Å². The summed E-state index contributed by atoms with van der Waals surface area (Å²) >= 11 is 5.12. The summed E-state index contributed by atoms with van der Waals surface area (Å²) in [6.07, 6.45) is -5.95. The maximum atomic E-state index is 15.3. The molecule has 8 N–H and O–H groups in total. The van der Waals surface area contributed by atoms with E-state index in [1.54, 1.807) is 16.8 Å². The van der Waals surface area contributed by atoms with Crippen molar-refractivity contribution in [3.05, 3.63) is 28.9 Å². The summed E-state index contributed by atoms with van der Waals surface area (Å²) in [6, 6.07) is 1.72. The molecule has 1 unspecified atom stereocenters. The van der Waals surface area contributed by atoms with E-state index in [1.165, 1.54) is 6.33 Å². The number of aliphatic hydroxyl groups is 2. The lowest BCUT2D eigenvalue weighted by Crippen LogP contribution is -2.33. The molecule has 8 atom stereocenters. The fourth-order valence-electron chi connectivity index (χ4n) is 4.79. The Morgan fingerprint density at radius 2 is 2.07 bits per heavy atom. The number of anilines is 2. The zero-order valence-corrected chi connectivity index (χ0v) is 22.5. The average molecular weight is 615 g/mol. The lowest BCUT2D eigenvalue weighted by molar-refractivity contribution is -0.0592. The molecule has 2 fully saturated rings. The minimum atomic E-state index is -4.22. The molecule has 2 aliphatic rings. The van der Waals surface area contributed by atoms with Crippen LogP contribution in [0.1, 0.15) is 18.9 Å². The van der Waals surface area contributed by atoms with E-state index < -0.39 is 68.5 Å². The first-order chi connectivity index (χ1) is 19.6. The molecule has 41 heavy (non-hydrogen) atoms. The number of halogens is 1. The molecule has 21 heteroatoms. The number of fused-ring (bicyclic) bond motifs is 2. The highest BCUT2D eigenvalue weighted by atomic mass is 32.5. The van der Waals surface area contributed by atoms with Crippen LogP contribution in [0.5, 0.6) is 0 Å². The maximum Gasteiger partial charge on any atom is 0.325 e. The van der Waals surface area contributed by atoms with Crippen molar-refractivity contribution in [2.45, 2.75) is 49.5 Å². The van der Waals surface area contributed by atoms with Gasteiger partial charge in [-0.25, -0.2) is 14.4 Å². The summed E-state index contributed by atoms with van der Waals surface area (Å²) in [5, 5.41) is 28.3. The molecule has 4 aromatic rings. The number of nitrogens with two attached hydrogens (primary N) is 2. The number of nitrogens with one attached hydrogen (secondary N) is 1. The van der Waals surface area contributed by atoms with Gasteiger partial charge in [0.25, 0.3) is 5.56 Å². The first-order valence-electron chi connectivity index (χ1n) is 12.1. The third-order valence-corrected chi connectivity index (χ3v) is 8.31. The Morgan fingerprint density at radius 1 is 1.27 bits per heavy atom. The molecule has 0 spiro atoms. The molecule has 0 bridgehead atoms. The van der Waals surface area contributed by atoms with Crippen LogP contribution < -0.4 is 17.0 Å². The summed E-state index contributed by atoms with van der Waals surface area (Å²) in [5.74, 6) is 0.0314. The van der Waals surface area contributed by atoms with Gasteiger partial charge in [-0.05, 0) is 17.9 Å². The summed E-state index contributed by atoms with van der Waals surface area (Å²) in [4.78, 5) is 37.4. The van der Waals surface area contributed by atoms with E-state index in [0.717, 1.165) is 4.68 Å². The SMILES string of the molecule is Nc1nc2c(nnn2[C@@H]2O[C@H](CO)[C@H](F)[C@H]2OP(O)(=S)OC[C@H]2O[C@@H](n3ccc4c(N)ncnc43)C[C@@H]2O)c(=O)[nH]1. The minimum absolute atomic E-state index is 0.152. The molecule has 0 radical (unpaired) electrons. The van der Waals surface area contributed by atoms with Gasteiger partial charge in [-0.15, -0.1) is 5.10 Å².